The summed E-state index contributed by atoms with van der Waals surface area (Å²) in [5, 5.41) is 11.5. The second-order valence-corrected chi connectivity index (χ2v) is 7.34. The van der Waals surface area contributed by atoms with Crippen LogP contribution in [0.4, 0.5) is 0 Å². The molecule has 0 aromatic rings. The van der Waals surface area contributed by atoms with Gasteiger partial charge < -0.3 is 10.4 Å². The highest BCUT2D eigenvalue weighted by atomic mass is 32.2. The quantitative estimate of drug-likeness (QED) is 0.552. The maximum Gasteiger partial charge on any atom is 0.253 e. The van der Waals surface area contributed by atoms with Gasteiger partial charge in [-0.2, -0.15) is 0 Å². The van der Waals surface area contributed by atoms with Crippen LogP contribution in [0.15, 0.2) is 12.2 Å². The normalized spacial score (nSPS) is 14.4. The highest BCUT2D eigenvalue weighted by Crippen LogP contribution is 2.27. The molecule has 0 aliphatic carbocycles. The van der Waals surface area contributed by atoms with Gasteiger partial charge in [0.15, 0.2) is 5.12 Å². The van der Waals surface area contributed by atoms with Gasteiger partial charge >= 0.3 is 0 Å². The Balaban J connectivity index is 2.16. The molecule has 0 saturated carbocycles. The van der Waals surface area contributed by atoms with Gasteiger partial charge in [-0.15, -0.1) is 0 Å². The van der Waals surface area contributed by atoms with E-state index in [9.17, 15) is 19.2 Å². The molecule has 1 aliphatic rings. The van der Waals surface area contributed by atoms with Crippen molar-refractivity contribution in [3.8, 4) is 0 Å². The van der Waals surface area contributed by atoms with E-state index in [0.717, 1.165) is 16.7 Å². The molecule has 0 aromatic heterocycles. The summed E-state index contributed by atoms with van der Waals surface area (Å²) < 4.78 is 0. The van der Waals surface area contributed by atoms with Crippen molar-refractivity contribution >= 4 is 34.6 Å². The number of nitrogens with one attached hydrogen (secondary N) is 1. The zero-order chi connectivity index (χ0) is 18.2. The van der Waals surface area contributed by atoms with Crippen LogP contribution in [0.25, 0.3) is 0 Å². The van der Waals surface area contributed by atoms with Gasteiger partial charge in [0.2, 0.25) is 5.91 Å². The largest absolute Gasteiger partial charge is 0.396 e. The number of nitrogens with zero attached hydrogens (tertiary/aromatic N) is 1. The summed E-state index contributed by atoms with van der Waals surface area (Å²) in [4.78, 5) is 47.1. The predicted octanol–water partition coefficient (Wildman–Crippen LogP) is 0.476. The van der Waals surface area contributed by atoms with Gasteiger partial charge in [-0.25, -0.2) is 0 Å². The van der Waals surface area contributed by atoms with Gasteiger partial charge in [0.1, 0.15) is 0 Å². The van der Waals surface area contributed by atoms with Gasteiger partial charge in [0.25, 0.3) is 11.8 Å². The van der Waals surface area contributed by atoms with Gasteiger partial charge in [-0.1, -0.05) is 25.6 Å². The molecule has 1 aliphatic heterocycles. The Labute approximate surface area is 145 Å². The molecule has 1 rings (SSSR count). The minimum Gasteiger partial charge on any atom is -0.396 e. The number of rotatable bonds is 10. The first-order valence-corrected chi connectivity index (χ1v) is 8.80. The number of aliphatic hydroxyl groups excluding tert-OH is 1. The van der Waals surface area contributed by atoms with E-state index in [1.807, 2.05) is 13.8 Å². The van der Waals surface area contributed by atoms with Crippen LogP contribution >= 0.6 is 11.8 Å². The lowest BCUT2D eigenvalue weighted by Gasteiger charge is -2.22. The predicted molar refractivity (Wildman–Crippen MR) is 91.1 cm³/mol. The summed E-state index contributed by atoms with van der Waals surface area (Å²) >= 11 is 0.954. The lowest BCUT2D eigenvalue weighted by atomic mass is 9.85. The highest BCUT2D eigenvalue weighted by molar-refractivity contribution is 8.14. The van der Waals surface area contributed by atoms with Crippen LogP contribution in [-0.2, 0) is 19.2 Å². The summed E-state index contributed by atoms with van der Waals surface area (Å²) in [6.07, 6.45) is 4.03. The van der Waals surface area contributed by atoms with E-state index in [-0.39, 0.29) is 53.7 Å². The summed E-state index contributed by atoms with van der Waals surface area (Å²) in [5.74, 6) is -1.07. The second-order valence-electron chi connectivity index (χ2n) is 6.31. The number of hydrogen-bond donors (Lipinski definition) is 2. The maximum absolute atomic E-state index is 11.8. The Kier molecular flexibility index (Phi) is 8.14. The number of imide groups is 1. The first-order chi connectivity index (χ1) is 11.2. The average molecular weight is 356 g/mol. The van der Waals surface area contributed by atoms with Crippen LogP contribution in [0.5, 0.6) is 0 Å². The van der Waals surface area contributed by atoms with Crippen molar-refractivity contribution in [1.82, 2.24) is 10.2 Å². The molecule has 24 heavy (non-hydrogen) atoms. The molecule has 0 fully saturated rings. The van der Waals surface area contributed by atoms with Crippen LogP contribution in [0.3, 0.4) is 0 Å². The molecule has 134 valence electrons. The molecule has 0 saturated heterocycles. The Hall–Kier alpha value is -1.67. The van der Waals surface area contributed by atoms with Crippen LogP contribution < -0.4 is 5.32 Å². The standard InChI is InChI=1S/C16H24N2O5S/c1-16(2,7-10-19)6-5-15(23)24-11-12(20)17-8-9-18-13(21)3-4-14(18)22/h3-4,19H,5-11H2,1-2H3,(H,17,20). The minimum absolute atomic E-state index is 0.0133. The van der Waals surface area contributed by atoms with E-state index < -0.39 is 0 Å². The molecule has 0 aromatic carbocycles. The third kappa shape index (κ3) is 7.27. The van der Waals surface area contributed by atoms with Crippen LogP contribution in [0.2, 0.25) is 0 Å². The van der Waals surface area contributed by atoms with E-state index in [1.54, 1.807) is 0 Å². The van der Waals surface area contributed by atoms with E-state index in [4.69, 9.17) is 5.11 Å². The summed E-state index contributed by atoms with van der Waals surface area (Å²) in [7, 11) is 0. The highest BCUT2D eigenvalue weighted by Gasteiger charge is 2.23. The first kappa shape index (κ1) is 20.4. The summed E-state index contributed by atoms with van der Waals surface area (Å²) in [6, 6.07) is 0. The van der Waals surface area contributed by atoms with Gasteiger partial charge in [-0.3, -0.25) is 24.1 Å². The first-order valence-electron chi connectivity index (χ1n) is 7.82. The fraction of sp³-hybridized carbons (Fsp3) is 0.625. The molecule has 0 unspecified atom stereocenters. The number of thioether (sulfide) groups is 1. The van der Waals surface area contributed by atoms with Crippen molar-refractivity contribution in [2.45, 2.75) is 33.1 Å². The van der Waals surface area contributed by atoms with Crippen LogP contribution in [-0.4, -0.2) is 58.3 Å². The average Bonchev–Trinajstić information content (AvgIpc) is 2.83. The molecule has 8 heteroatoms. The fourth-order valence-corrected chi connectivity index (χ4v) is 2.74. The van der Waals surface area contributed by atoms with Crippen molar-refractivity contribution in [1.29, 1.82) is 0 Å². The van der Waals surface area contributed by atoms with E-state index in [1.165, 1.54) is 12.2 Å². The summed E-state index contributed by atoms with van der Waals surface area (Å²) in [5.41, 5.74) is -0.101. The van der Waals surface area contributed by atoms with Crippen LogP contribution in [0, 0.1) is 5.41 Å². The topological polar surface area (TPSA) is 104 Å². The van der Waals surface area contributed by atoms with Crippen molar-refractivity contribution in [2.24, 2.45) is 5.41 Å². The van der Waals surface area contributed by atoms with E-state index in [2.05, 4.69) is 5.32 Å². The number of amides is 3. The molecule has 0 bridgehead atoms. The van der Waals surface area contributed by atoms with Crippen molar-refractivity contribution in [3.63, 3.8) is 0 Å². The van der Waals surface area contributed by atoms with Gasteiger partial charge in [0.05, 0.1) is 5.75 Å². The van der Waals surface area contributed by atoms with Gasteiger partial charge in [0, 0.05) is 38.3 Å². The molecule has 2 N–H and O–H groups in total. The lowest BCUT2D eigenvalue weighted by Crippen LogP contribution is -2.38. The number of hydrogen-bond acceptors (Lipinski definition) is 6. The molecular formula is C16H24N2O5S. The van der Waals surface area contributed by atoms with Crippen molar-refractivity contribution in [2.75, 3.05) is 25.4 Å². The minimum atomic E-state index is -0.385. The molecule has 3 amide bonds. The number of carbonyl (C=O) groups excluding carboxylic acids is 4. The monoisotopic (exact) mass is 356 g/mol. The Morgan fingerprint density at radius 1 is 1.21 bits per heavy atom. The second kappa shape index (κ2) is 9.58. The SMILES string of the molecule is CC(C)(CCO)CCC(=O)SCC(=O)NCCN1C(=O)C=CC1=O. The van der Waals surface area contributed by atoms with E-state index >= 15 is 0 Å². The molecule has 0 spiro atoms. The third-order valence-electron chi connectivity index (χ3n) is 3.72. The number of aliphatic hydroxyl groups is 1. The van der Waals surface area contributed by atoms with Crippen LogP contribution in [0.1, 0.15) is 33.1 Å². The van der Waals surface area contributed by atoms with Crippen molar-refractivity contribution < 1.29 is 24.3 Å². The Bertz CT molecular complexity index is 513. The molecule has 0 atom stereocenters. The summed E-state index contributed by atoms with van der Waals surface area (Å²) in [6.45, 7) is 4.35. The molecule has 1 heterocycles. The van der Waals surface area contributed by atoms with Crippen molar-refractivity contribution in [3.05, 3.63) is 12.2 Å². The zero-order valence-electron chi connectivity index (χ0n) is 14.0. The van der Waals surface area contributed by atoms with E-state index in [0.29, 0.717) is 19.3 Å². The molecule has 0 radical (unpaired) electrons. The lowest BCUT2D eigenvalue weighted by molar-refractivity contribution is -0.137. The fourth-order valence-electron chi connectivity index (χ4n) is 2.10. The number of carbonyl (C=O) groups is 4. The maximum atomic E-state index is 11.8. The smallest absolute Gasteiger partial charge is 0.253 e. The molecular weight excluding hydrogens is 332 g/mol. The van der Waals surface area contributed by atoms with Gasteiger partial charge in [-0.05, 0) is 18.3 Å². The Morgan fingerprint density at radius 2 is 1.83 bits per heavy atom. The third-order valence-corrected chi connectivity index (χ3v) is 4.65. The zero-order valence-corrected chi connectivity index (χ0v) is 14.9. The Morgan fingerprint density at radius 3 is 2.42 bits per heavy atom. The molecule has 7 nitrogen and oxygen atoms in total.